The third kappa shape index (κ3) is 6.99. The number of nitrogen functional groups attached to an aromatic ring is 4. The molecule has 0 atom stereocenters. The molecule has 0 saturated heterocycles. The molecule has 4 aromatic carbocycles. The lowest BCUT2D eigenvalue weighted by molar-refractivity contribution is 1.41. The van der Waals surface area contributed by atoms with E-state index in [1.165, 1.54) is 9.79 Å². The van der Waals surface area contributed by atoms with E-state index in [1.54, 1.807) is 23.5 Å². The van der Waals surface area contributed by atoms with Gasteiger partial charge in [0.1, 0.15) is 0 Å². The topological polar surface area (TPSA) is 104 Å². The highest BCUT2D eigenvalue weighted by Crippen LogP contribution is 2.30. The first kappa shape index (κ1) is 21.5. The van der Waals surface area contributed by atoms with Crippen molar-refractivity contribution >= 4 is 46.3 Å². The van der Waals surface area contributed by atoms with Crippen molar-refractivity contribution in [2.45, 2.75) is 19.6 Å². The highest BCUT2D eigenvalue weighted by atomic mass is 32.2. The van der Waals surface area contributed by atoms with Gasteiger partial charge in [0.05, 0.1) is 0 Å². The van der Waals surface area contributed by atoms with Crippen LogP contribution in [0.4, 0.5) is 22.7 Å². The van der Waals surface area contributed by atoms with Crippen molar-refractivity contribution in [1.29, 1.82) is 0 Å². The molecular weight excluding hydrogens is 408 g/mol. The summed E-state index contributed by atoms with van der Waals surface area (Å²) in [6.07, 6.45) is 0. The lowest BCUT2D eigenvalue weighted by atomic mass is 10.3. The van der Waals surface area contributed by atoms with E-state index in [-0.39, 0.29) is 0 Å². The van der Waals surface area contributed by atoms with Gasteiger partial charge in [-0.15, -0.1) is 0 Å². The molecule has 0 radical (unpaired) electrons. The van der Waals surface area contributed by atoms with Gasteiger partial charge in [0.25, 0.3) is 0 Å². The van der Waals surface area contributed by atoms with Gasteiger partial charge in [-0.25, -0.2) is 0 Å². The van der Waals surface area contributed by atoms with E-state index in [1.807, 2.05) is 97.1 Å². The minimum Gasteiger partial charge on any atom is -0.399 e. The Bertz CT molecular complexity index is 994. The Hall–Kier alpha value is -3.22. The molecule has 0 amide bonds. The van der Waals surface area contributed by atoms with Crippen LogP contribution in [-0.4, -0.2) is 0 Å². The zero-order chi connectivity index (χ0) is 21.3. The molecule has 0 fully saturated rings. The van der Waals surface area contributed by atoms with Crippen molar-refractivity contribution in [3.63, 3.8) is 0 Å². The first-order valence-electron chi connectivity index (χ1n) is 9.26. The summed E-state index contributed by atoms with van der Waals surface area (Å²) in [5, 5.41) is 0. The number of benzene rings is 4. The van der Waals surface area contributed by atoms with Crippen molar-refractivity contribution in [2.24, 2.45) is 0 Å². The number of rotatable bonds is 4. The second kappa shape index (κ2) is 10.5. The van der Waals surface area contributed by atoms with Crippen molar-refractivity contribution in [2.75, 3.05) is 22.9 Å². The molecule has 0 heterocycles. The fourth-order valence-electron chi connectivity index (χ4n) is 2.50. The van der Waals surface area contributed by atoms with E-state index < -0.39 is 0 Å². The minimum absolute atomic E-state index is 0.781. The second-order valence-electron chi connectivity index (χ2n) is 6.49. The maximum Gasteiger partial charge on any atom is 0.0325 e. The summed E-state index contributed by atoms with van der Waals surface area (Å²) in [7, 11) is 0. The van der Waals surface area contributed by atoms with E-state index in [2.05, 4.69) is 0 Å². The smallest absolute Gasteiger partial charge is 0.0325 e. The monoisotopic (exact) mass is 432 g/mol. The van der Waals surface area contributed by atoms with Crippen LogP contribution in [0.1, 0.15) is 0 Å². The summed E-state index contributed by atoms with van der Waals surface area (Å²) in [5.41, 5.74) is 25.8. The molecule has 152 valence electrons. The van der Waals surface area contributed by atoms with Gasteiger partial charge in [-0.05, 0) is 84.9 Å². The Balaban J connectivity index is 0.000000171. The highest BCUT2D eigenvalue weighted by molar-refractivity contribution is 7.99. The van der Waals surface area contributed by atoms with Gasteiger partial charge < -0.3 is 22.9 Å². The Morgan fingerprint density at radius 1 is 0.367 bits per heavy atom. The highest BCUT2D eigenvalue weighted by Gasteiger charge is 1.98. The molecule has 0 aromatic heterocycles. The molecule has 0 spiro atoms. The summed E-state index contributed by atoms with van der Waals surface area (Å²) in [6, 6.07) is 31.3. The molecule has 0 aliphatic rings. The van der Waals surface area contributed by atoms with Crippen molar-refractivity contribution in [3.05, 3.63) is 97.1 Å². The van der Waals surface area contributed by atoms with E-state index in [0.29, 0.717) is 0 Å². The van der Waals surface area contributed by atoms with Crippen LogP contribution >= 0.6 is 23.5 Å². The summed E-state index contributed by atoms with van der Waals surface area (Å²) in [4.78, 5) is 4.60. The van der Waals surface area contributed by atoms with Crippen LogP contribution < -0.4 is 22.9 Å². The number of anilines is 4. The molecule has 30 heavy (non-hydrogen) atoms. The average Bonchev–Trinajstić information content (AvgIpc) is 2.72. The lowest BCUT2D eigenvalue weighted by Crippen LogP contribution is -1.85. The van der Waals surface area contributed by atoms with Gasteiger partial charge in [0.15, 0.2) is 0 Å². The van der Waals surface area contributed by atoms with Gasteiger partial charge in [-0.2, -0.15) is 0 Å². The number of hydrogen-bond acceptors (Lipinski definition) is 6. The van der Waals surface area contributed by atoms with Crippen LogP contribution in [0.5, 0.6) is 0 Å². The third-order valence-electron chi connectivity index (χ3n) is 3.95. The second-order valence-corrected chi connectivity index (χ2v) is 8.78. The predicted octanol–water partition coefficient (Wildman–Crippen LogP) is 6.00. The zero-order valence-electron chi connectivity index (χ0n) is 16.4. The number of hydrogen-bond donors (Lipinski definition) is 4. The quantitative estimate of drug-likeness (QED) is 0.295. The van der Waals surface area contributed by atoms with Crippen molar-refractivity contribution in [3.8, 4) is 0 Å². The molecule has 4 rings (SSSR count). The molecule has 0 unspecified atom stereocenters. The van der Waals surface area contributed by atoms with Crippen LogP contribution in [0.2, 0.25) is 0 Å². The lowest BCUT2D eigenvalue weighted by Gasteiger charge is -2.03. The van der Waals surface area contributed by atoms with Gasteiger partial charge in [-0.3, -0.25) is 0 Å². The molecule has 4 aromatic rings. The van der Waals surface area contributed by atoms with Crippen LogP contribution in [0.15, 0.2) is 117 Å². The van der Waals surface area contributed by atoms with E-state index in [4.69, 9.17) is 22.9 Å². The largest absolute Gasteiger partial charge is 0.399 e. The van der Waals surface area contributed by atoms with Gasteiger partial charge in [-0.1, -0.05) is 35.7 Å². The molecule has 4 nitrogen and oxygen atoms in total. The maximum absolute atomic E-state index is 5.70. The van der Waals surface area contributed by atoms with Gasteiger partial charge >= 0.3 is 0 Å². The zero-order valence-corrected chi connectivity index (χ0v) is 18.0. The molecular formula is C24H24N4S2. The molecule has 6 heteroatoms. The molecule has 8 N–H and O–H groups in total. The predicted molar refractivity (Wildman–Crippen MR) is 132 cm³/mol. The number of nitrogens with two attached hydrogens (primary N) is 4. The summed E-state index contributed by atoms with van der Waals surface area (Å²) in [5.74, 6) is 0. The average molecular weight is 433 g/mol. The Labute approximate surface area is 185 Å². The van der Waals surface area contributed by atoms with Crippen LogP contribution in [0, 0.1) is 0 Å². The van der Waals surface area contributed by atoms with Gasteiger partial charge in [0, 0.05) is 42.3 Å². The molecule has 0 aliphatic carbocycles. The Morgan fingerprint density at radius 2 is 0.733 bits per heavy atom. The third-order valence-corrected chi connectivity index (χ3v) is 5.94. The molecule has 0 saturated carbocycles. The fourth-order valence-corrected chi connectivity index (χ4v) is 4.27. The first-order valence-corrected chi connectivity index (χ1v) is 10.9. The van der Waals surface area contributed by atoms with E-state index in [0.717, 1.165) is 32.5 Å². The molecule has 0 bridgehead atoms. The Kier molecular flexibility index (Phi) is 7.54. The van der Waals surface area contributed by atoms with Crippen molar-refractivity contribution < 1.29 is 0 Å². The Morgan fingerprint density at radius 3 is 1.10 bits per heavy atom. The van der Waals surface area contributed by atoms with Gasteiger partial charge in [0.2, 0.25) is 0 Å². The van der Waals surface area contributed by atoms with Crippen LogP contribution in [-0.2, 0) is 0 Å². The summed E-state index contributed by atoms with van der Waals surface area (Å²) >= 11 is 3.35. The van der Waals surface area contributed by atoms with E-state index >= 15 is 0 Å². The van der Waals surface area contributed by atoms with Crippen LogP contribution in [0.3, 0.4) is 0 Å². The van der Waals surface area contributed by atoms with Crippen molar-refractivity contribution in [1.82, 2.24) is 0 Å². The van der Waals surface area contributed by atoms with Crippen LogP contribution in [0.25, 0.3) is 0 Å². The van der Waals surface area contributed by atoms with E-state index in [9.17, 15) is 0 Å². The first-order chi connectivity index (χ1) is 14.5. The SMILES string of the molecule is Nc1ccc(Sc2ccc(N)cc2)cc1.Nc1cccc(Sc2cccc(N)c2)c1. The summed E-state index contributed by atoms with van der Waals surface area (Å²) < 4.78 is 0. The fraction of sp³-hybridized carbons (Fsp3) is 0. The molecule has 0 aliphatic heterocycles. The minimum atomic E-state index is 0.781. The maximum atomic E-state index is 5.70. The standard InChI is InChI=1S/2C12H12N2S/c13-9-1-5-11(6-2-9)15-12-7-3-10(14)4-8-12;13-9-3-1-5-11(7-9)15-12-6-2-4-10(14)8-12/h2*1-8H,13-14H2. The summed E-state index contributed by atoms with van der Waals surface area (Å²) in [6.45, 7) is 0. The normalized spacial score (nSPS) is 10.1.